The summed E-state index contributed by atoms with van der Waals surface area (Å²) in [5.41, 5.74) is 3.25. The van der Waals surface area contributed by atoms with Crippen LogP contribution in [0.5, 0.6) is 0 Å². The maximum absolute atomic E-state index is 6.40. The monoisotopic (exact) mass is 376 g/mol. The summed E-state index contributed by atoms with van der Waals surface area (Å²) in [6, 6.07) is 5.78. The Morgan fingerprint density at radius 3 is 2.64 bits per heavy atom. The summed E-state index contributed by atoms with van der Waals surface area (Å²) in [4.78, 5) is 13.8. The zero-order chi connectivity index (χ0) is 18.0. The van der Waals surface area contributed by atoms with Gasteiger partial charge in [0.05, 0.1) is 5.02 Å². The summed E-state index contributed by atoms with van der Waals surface area (Å²) in [6.07, 6.45) is 5.91. The van der Waals surface area contributed by atoms with Crippen LogP contribution < -0.4 is 0 Å². The first-order valence-corrected chi connectivity index (χ1v) is 9.49. The van der Waals surface area contributed by atoms with E-state index in [1.54, 1.807) is 12.4 Å². The van der Waals surface area contributed by atoms with Crippen molar-refractivity contribution in [2.75, 3.05) is 0 Å². The third-order valence-corrected chi connectivity index (χ3v) is 5.02. The Bertz CT molecular complexity index is 889. The van der Waals surface area contributed by atoms with E-state index >= 15 is 0 Å². The van der Waals surface area contributed by atoms with Crippen LogP contribution in [0.4, 0.5) is 0 Å². The van der Waals surface area contributed by atoms with Gasteiger partial charge in [-0.1, -0.05) is 49.9 Å². The minimum Gasteiger partial charge on any atom is -0.310 e. The molecule has 0 bridgehead atoms. The summed E-state index contributed by atoms with van der Waals surface area (Å²) in [5.74, 6) is 1.03. The Morgan fingerprint density at radius 1 is 1.16 bits per heavy atom. The third kappa shape index (κ3) is 3.51. The fraction of sp³-hybridized carbons (Fsp3) is 0.421. The molecule has 0 fully saturated rings. The maximum Gasteiger partial charge on any atom is 0.164 e. The maximum atomic E-state index is 6.40. The Balaban J connectivity index is 2.18. The number of nitrogens with zero attached hydrogens (tertiary/aromatic N) is 4. The highest BCUT2D eigenvalue weighted by atomic mass is 35.5. The lowest BCUT2D eigenvalue weighted by atomic mass is 10.1. The minimum absolute atomic E-state index is 0.350. The quantitative estimate of drug-likeness (QED) is 0.520. The predicted molar refractivity (Wildman–Crippen MR) is 104 cm³/mol. The van der Waals surface area contributed by atoms with Crippen molar-refractivity contribution < 1.29 is 0 Å². The van der Waals surface area contributed by atoms with E-state index < -0.39 is 0 Å². The molecule has 0 saturated heterocycles. The summed E-state index contributed by atoms with van der Waals surface area (Å²) in [6.45, 7) is 6.56. The lowest BCUT2D eigenvalue weighted by Gasteiger charge is -2.16. The number of halogens is 2. The average Bonchev–Trinajstić information content (AvgIpc) is 2.98. The summed E-state index contributed by atoms with van der Waals surface area (Å²) in [7, 11) is 0. The van der Waals surface area contributed by atoms with Gasteiger partial charge in [-0.05, 0) is 31.5 Å². The van der Waals surface area contributed by atoms with E-state index in [0.29, 0.717) is 16.1 Å². The number of imidazole rings is 1. The standard InChI is InChI=1S/C19H22Cl2N4/c1-4-6-7-12(3)25-16(5-2)24-18-17(22-11-23-19(18)25)14-9-8-13(20)10-15(14)21/h8-12H,4-7H2,1-3H3. The van der Waals surface area contributed by atoms with Crippen LogP contribution in [0.3, 0.4) is 0 Å². The molecule has 0 amide bonds. The van der Waals surface area contributed by atoms with Crippen LogP contribution in [-0.2, 0) is 6.42 Å². The Kier molecular flexibility index (Phi) is 5.60. The number of rotatable bonds is 6. The first-order chi connectivity index (χ1) is 12.1. The van der Waals surface area contributed by atoms with E-state index in [0.717, 1.165) is 41.1 Å². The van der Waals surface area contributed by atoms with Gasteiger partial charge in [-0.3, -0.25) is 0 Å². The molecular formula is C19H22Cl2N4. The molecule has 4 nitrogen and oxygen atoms in total. The predicted octanol–water partition coefficient (Wildman–Crippen LogP) is 6.11. The van der Waals surface area contributed by atoms with Crippen molar-refractivity contribution in [3.05, 3.63) is 40.4 Å². The molecule has 0 saturated carbocycles. The Morgan fingerprint density at radius 2 is 1.96 bits per heavy atom. The van der Waals surface area contributed by atoms with Crippen molar-refractivity contribution >= 4 is 34.4 Å². The van der Waals surface area contributed by atoms with Crippen molar-refractivity contribution in [1.82, 2.24) is 19.5 Å². The second-order valence-corrected chi connectivity index (χ2v) is 7.11. The molecule has 3 aromatic rings. The third-order valence-electron chi connectivity index (χ3n) is 4.47. The van der Waals surface area contributed by atoms with Gasteiger partial charge in [-0.2, -0.15) is 0 Å². The molecule has 0 aliphatic heterocycles. The lowest BCUT2D eigenvalue weighted by molar-refractivity contribution is 0.479. The van der Waals surface area contributed by atoms with Crippen LogP contribution in [0.15, 0.2) is 24.5 Å². The van der Waals surface area contributed by atoms with Crippen LogP contribution in [0.1, 0.15) is 51.9 Å². The number of fused-ring (bicyclic) bond motifs is 1. The van der Waals surface area contributed by atoms with E-state index in [2.05, 4.69) is 35.3 Å². The SMILES string of the molecule is CCCCC(C)n1c(CC)nc2c(-c3ccc(Cl)cc3Cl)ncnc21. The number of aromatic nitrogens is 4. The molecule has 132 valence electrons. The van der Waals surface area contributed by atoms with Gasteiger partial charge in [-0.25, -0.2) is 15.0 Å². The molecule has 6 heteroatoms. The van der Waals surface area contributed by atoms with Gasteiger partial charge >= 0.3 is 0 Å². The summed E-state index contributed by atoms with van der Waals surface area (Å²) >= 11 is 12.4. The molecule has 0 radical (unpaired) electrons. The second-order valence-electron chi connectivity index (χ2n) is 6.26. The van der Waals surface area contributed by atoms with E-state index in [-0.39, 0.29) is 0 Å². The lowest BCUT2D eigenvalue weighted by Crippen LogP contribution is -2.09. The average molecular weight is 377 g/mol. The first kappa shape index (κ1) is 18.2. The van der Waals surface area contributed by atoms with Crippen molar-refractivity contribution in [2.24, 2.45) is 0 Å². The summed E-state index contributed by atoms with van der Waals surface area (Å²) in [5, 5.41) is 1.17. The van der Waals surface area contributed by atoms with Crippen molar-refractivity contribution in [3.63, 3.8) is 0 Å². The largest absolute Gasteiger partial charge is 0.310 e. The van der Waals surface area contributed by atoms with Gasteiger partial charge in [0.15, 0.2) is 5.65 Å². The van der Waals surface area contributed by atoms with Crippen LogP contribution in [0.2, 0.25) is 10.0 Å². The smallest absolute Gasteiger partial charge is 0.164 e. The molecule has 1 aromatic carbocycles. The van der Waals surface area contributed by atoms with Crippen LogP contribution in [0, 0.1) is 0 Å². The molecule has 25 heavy (non-hydrogen) atoms. The first-order valence-electron chi connectivity index (χ1n) is 8.74. The van der Waals surface area contributed by atoms with E-state index in [1.807, 2.05) is 12.1 Å². The van der Waals surface area contributed by atoms with E-state index in [9.17, 15) is 0 Å². The molecule has 1 unspecified atom stereocenters. The van der Waals surface area contributed by atoms with E-state index in [4.69, 9.17) is 28.2 Å². The highest BCUT2D eigenvalue weighted by Gasteiger charge is 2.20. The second kappa shape index (κ2) is 7.71. The van der Waals surface area contributed by atoms with Gasteiger partial charge in [0.1, 0.15) is 23.4 Å². The van der Waals surface area contributed by atoms with Crippen molar-refractivity contribution in [3.8, 4) is 11.3 Å². The topological polar surface area (TPSA) is 43.6 Å². The van der Waals surface area contributed by atoms with E-state index in [1.165, 1.54) is 12.8 Å². The van der Waals surface area contributed by atoms with Gasteiger partial charge in [-0.15, -0.1) is 0 Å². The number of unbranched alkanes of at least 4 members (excludes halogenated alkanes) is 1. The van der Waals surface area contributed by atoms with Crippen molar-refractivity contribution in [2.45, 2.75) is 52.5 Å². The van der Waals surface area contributed by atoms with Gasteiger partial charge < -0.3 is 4.57 Å². The van der Waals surface area contributed by atoms with Crippen LogP contribution in [-0.4, -0.2) is 19.5 Å². The fourth-order valence-electron chi connectivity index (χ4n) is 3.17. The number of benzene rings is 1. The van der Waals surface area contributed by atoms with Crippen molar-refractivity contribution in [1.29, 1.82) is 0 Å². The number of hydrogen-bond donors (Lipinski definition) is 0. The molecule has 0 aliphatic rings. The molecule has 0 spiro atoms. The molecule has 1 atom stereocenters. The number of hydrogen-bond acceptors (Lipinski definition) is 3. The molecule has 3 rings (SSSR count). The highest BCUT2D eigenvalue weighted by Crippen LogP contribution is 2.34. The normalized spacial score (nSPS) is 12.7. The number of aryl methyl sites for hydroxylation is 1. The molecular weight excluding hydrogens is 355 g/mol. The van der Waals surface area contributed by atoms with Crippen LogP contribution in [0.25, 0.3) is 22.4 Å². The fourth-order valence-corrected chi connectivity index (χ4v) is 3.67. The Labute approximate surface area is 158 Å². The Hall–Kier alpha value is -1.65. The minimum atomic E-state index is 0.350. The summed E-state index contributed by atoms with van der Waals surface area (Å²) < 4.78 is 2.25. The van der Waals surface area contributed by atoms with Crippen LogP contribution >= 0.6 is 23.2 Å². The van der Waals surface area contributed by atoms with Gasteiger partial charge in [0.25, 0.3) is 0 Å². The highest BCUT2D eigenvalue weighted by molar-refractivity contribution is 6.36. The van der Waals surface area contributed by atoms with Gasteiger partial charge in [0.2, 0.25) is 0 Å². The van der Waals surface area contributed by atoms with Gasteiger partial charge in [0, 0.05) is 23.0 Å². The zero-order valence-corrected chi connectivity index (χ0v) is 16.3. The molecule has 2 heterocycles. The molecule has 2 aromatic heterocycles. The molecule has 0 aliphatic carbocycles. The molecule has 0 N–H and O–H groups in total. The zero-order valence-electron chi connectivity index (χ0n) is 14.8.